The summed E-state index contributed by atoms with van der Waals surface area (Å²) in [6.07, 6.45) is 5.00. The highest BCUT2D eigenvalue weighted by atomic mass is 16.5. The Kier molecular flexibility index (Phi) is 6.58. The Hall–Kier alpha value is -5.05. The molecule has 0 saturated heterocycles. The van der Waals surface area contributed by atoms with Crippen molar-refractivity contribution in [2.24, 2.45) is 0 Å². The van der Waals surface area contributed by atoms with Gasteiger partial charge in [0.1, 0.15) is 11.4 Å². The number of amides is 2. The molecule has 0 radical (unpaired) electrons. The van der Waals surface area contributed by atoms with Gasteiger partial charge in [-0.2, -0.15) is 5.10 Å². The number of anilines is 2. The first kappa shape index (κ1) is 23.7. The SMILES string of the molecule is COc1ccc(-c2nn(-c3ccccc3)cc2/C=C/C(=O)Nc2ccc3c(c2)NC(=O)CO3)cc1OC. The average molecular weight is 497 g/mol. The number of hydrogen-bond acceptors (Lipinski definition) is 6. The summed E-state index contributed by atoms with van der Waals surface area (Å²) in [6.45, 7) is -0.0273. The lowest BCUT2D eigenvalue weighted by atomic mass is 10.1. The summed E-state index contributed by atoms with van der Waals surface area (Å²) >= 11 is 0. The highest BCUT2D eigenvalue weighted by Crippen LogP contribution is 2.34. The van der Waals surface area contributed by atoms with E-state index in [1.165, 1.54) is 6.08 Å². The minimum atomic E-state index is -0.339. The number of benzene rings is 3. The predicted octanol–water partition coefficient (Wildman–Crippen LogP) is 4.54. The monoisotopic (exact) mass is 496 g/mol. The average Bonchev–Trinajstić information content (AvgIpc) is 3.36. The Balaban J connectivity index is 1.44. The first-order chi connectivity index (χ1) is 18.0. The molecule has 3 aromatic carbocycles. The fourth-order valence-electron chi connectivity index (χ4n) is 3.94. The van der Waals surface area contributed by atoms with Crippen LogP contribution in [-0.4, -0.2) is 42.4 Å². The van der Waals surface area contributed by atoms with E-state index >= 15 is 0 Å². The van der Waals surface area contributed by atoms with E-state index in [1.807, 2.05) is 54.7 Å². The molecule has 0 atom stereocenters. The number of para-hydroxylation sites is 1. The van der Waals surface area contributed by atoms with Crippen LogP contribution < -0.4 is 24.8 Å². The van der Waals surface area contributed by atoms with E-state index in [-0.39, 0.29) is 18.4 Å². The second-order valence-electron chi connectivity index (χ2n) is 8.15. The van der Waals surface area contributed by atoms with Gasteiger partial charge in [-0.05, 0) is 54.6 Å². The van der Waals surface area contributed by atoms with Gasteiger partial charge in [-0.15, -0.1) is 0 Å². The third-order valence-electron chi connectivity index (χ3n) is 5.71. The standard InChI is InChI=1S/C28H24N4O5/c1-35-24-11-8-18(14-25(24)36-2)28-19(16-32(31-28)21-6-4-3-5-7-21)9-13-26(33)29-20-10-12-23-22(15-20)30-27(34)17-37-23/h3-16H,17H2,1-2H3,(H,29,33)(H,30,34)/b13-9+. The van der Waals surface area contributed by atoms with Gasteiger partial charge in [0.25, 0.3) is 5.91 Å². The lowest BCUT2D eigenvalue weighted by Gasteiger charge is -2.18. The van der Waals surface area contributed by atoms with Crippen LogP contribution in [0.25, 0.3) is 23.0 Å². The van der Waals surface area contributed by atoms with Gasteiger partial charge in [0.05, 0.1) is 25.6 Å². The van der Waals surface area contributed by atoms with E-state index in [1.54, 1.807) is 43.2 Å². The quantitative estimate of drug-likeness (QED) is 0.364. The zero-order valence-electron chi connectivity index (χ0n) is 20.2. The number of nitrogens with zero attached hydrogens (tertiary/aromatic N) is 2. The number of hydrogen-bond donors (Lipinski definition) is 2. The van der Waals surface area contributed by atoms with Crippen LogP contribution in [0.2, 0.25) is 0 Å². The first-order valence-corrected chi connectivity index (χ1v) is 11.5. The number of nitrogens with one attached hydrogen (secondary N) is 2. The maximum atomic E-state index is 12.7. The maximum absolute atomic E-state index is 12.7. The highest BCUT2D eigenvalue weighted by molar-refractivity contribution is 6.03. The lowest BCUT2D eigenvalue weighted by molar-refractivity contribution is -0.118. The van der Waals surface area contributed by atoms with Crippen molar-refractivity contribution in [3.05, 3.63) is 84.6 Å². The van der Waals surface area contributed by atoms with E-state index in [0.717, 1.165) is 16.8 Å². The van der Waals surface area contributed by atoms with Crippen LogP contribution in [0, 0.1) is 0 Å². The summed E-state index contributed by atoms with van der Waals surface area (Å²) in [4.78, 5) is 24.3. The molecule has 1 aromatic heterocycles. The molecule has 9 nitrogen and oxygen atoms in total. The lowest BCUT2D eigenvalue weighted by Crippen LogP contribution is -2.25. The van der Waals surface area contributed by atoms with Crippen molar-refractivity contribution in [1.29, 1.82) is 0 Å². The second-order valence-corrected chi connectivity index (χ2v) is 8.15. The molecule has 5 rings (SSSR count). The fourth-order valence-corrected chi connectivity index (χ4v) is 3.94. The molecule has 0 bridgehead atoms. The highest BCUT2D eigenvalue weighted by Gasteiger charge is 2.17. The van der Waals surface area contributed by atoms with Crippen LogP contribution in [0.4, 0.5) is 11.4 Å². The number of methoxy groups -OCH3 is 2. The first-order valence-electron chi connectivity index (χ1n) is 11.5. The number of carbonyl (C=O) groups is 2. The van der Waals surface area contributed by atoms with Gasteiger partial charge in [0, 0.05) is 29.1 Å². The summed E-state index contributed by atoms with van der Waals surface area (Å²) < 4.78 is 17.9. The summed E-state index contributed by atoms with van der Waals surface area (Å²) in [5.41, 5.74) is 4.13. The largest absolute Gasteiger partial charge is 0.493 e. The van der Waals surface area contributed by atoms with Gasteiger partial charge < -0.3 is 24.8 Å². The third-order valence-corrected chi connectivity index (χ3v) is 5.71. The molecule has 2 N–H and O–H groups in total. The van der Waals surface area contributed by atoms with Crippen molar-refractivity contribution in [2.45, 2.75) is 0 Å². The zero-order valence-corrected chi connectivity index (χ0v) is 20.2. The number of fused-ring (bicyclic) bond motifs is 1. The Morgan fingerprint density at radius 1 is 1.05 bits per heavy atom. The molecule has 37 heavy (non-hydrogen) atoms. The topological polar surface area (TPSA) is 104 Å². The molecular weight excluding hydrogens is 472 g/mol. The number of ether oxygens (including phenoxy) is 3. The molecule has 186 valence electrons. The normalized spacial score (nSPS) is 12.4. The van der Waals surface area contributed by atoms with E-state index in [2.05, 4.69) is 10.6 Å². The van der Waals surface area contributed by atoms with Crippen LogP contribution in [-0.2, 0) is 9.59 Å². The van der Waals surface area contributed by atoms with Crippen LogP contribution in [0.1, 0.15) is 5.56 Å². The maximum Gasteiger partial charge on any atom is 0.262 e. The van der Waals surface area contributed by atoms with Crippen molar-refractivity contribution in [3.8, 4) is 34.2 Å². The number of aromatic nitrogens is 2. The number of rotatable bonds is 7. The van der Waals surface area contributed by atoms with E-state index in [0.29, 0.717) is 34.3 Å². The molecule has 2 amide bonds. The Morgan fingerprint density at radius 3 is 2.65 bits per heavy atom. The van der Waals surface area contributed by atoms with Crippen LogP contribution in [0.3, 0.4) is 0 Å². The predicted molar refractivity (Wildman–Crippen MR) is 140 cm³/mol. The summed E-state index contributed by atoms with van der Waals surface area (Å²) in [5.74, 6) is 1.16. The molecule has 0 saturated carbocycles. The van der Waals surface area contributed by atoms with E-state index in [4.69, 9.17) is 19.3 Å². The van der Waals surface area contributed by atoms with Crippen LogP contribution in [0.5, 0.6) is 17.2 Å². The van der Waals surface area contributed by atoms with Gasteiger partial charge in [-0.25, -0.2) is 4.68 Å². The molecule has 1 aliphatic rings. The molecule has 0 fully saturated rings. The van der Waals surface area contributed by atoms with Gasteiger partial charge >= 0.3 is 0 Å². The minimum absolute atomic E-state index is 0.0273. The Morgan fingerprint density at radius 2 is 1.86 bits per heavy atom. The molecular formula is C28H24N4O5. The molecule has 1 aliphatic heterocycles. The van der Waals surface area contributed by atoms with Gasteiger partial charge in [0.2, 0.25) is 5.91 Å². The van der Waals surface area contributed by atoms with Crippen LogP contribution in [0.15, 0.2) is 79.0 Å². The van der Waals surface area contributed by atoms with Crippen LogP contribution >= 0.6 is 0 Å². The van der Waals surface area contributed by atoms with Crippen molar-refractivity contribution in [3.63, 3.8) is 0 Å². The summed E-state index contributed by atoms with van der Waals surface area (Å²) in [6, 6.07) is 20.3. The van der Waals surface area contributed by atoms with Gasteiger partial charge in [-0.3, -0.25) is 9.59 Å². The minimum Gasteiger partial charge on any atom is -0.493 e. The molecule has 0 unspecified atom stereocenters. The molecule has 2 heterocycles. The van der Waals surface area contributed by atoms with Crippen molar-refractivity contribution >= 4 is 29.3 Å². The van der Waals surface area contributed by atoms with Crippen molar-refractivity contribution < 1.29 is 23.8 Å². The molecule has 0 spiro atoms. The second kappa shape index (κ2) is 10.3. The molecule has 0 aliphatic carbocycles. The molecule has 9 heteroatoms. The van der Waals surface area contributed by atoms with Gasteiger partial charge in [-0.1, -0.05) is 18.2 Å². The Bertz CT molecular complexity index is 1490. The van der Waals surface area contributed by atoms with Crippen molar-refractivity contribution in [1.82, 2.24) is 9.78 Å². The van der Waals surface area contributed by atoms with E-state index < -0.39 is 0 Å². The van der Waals surface area contributed by atoms with Gasteiger partial charge in [0.15, 0.2) is 18.1 Å². The Labute approximate surface area is 213 Å². The zero-order chi connectivity index (χ0) is 25.8. The third kappa shape index (κ3) is 5.15. The summed E-state index contributed by atoms with van der Waals surface area (Å²) in [5, 5.41) is 10.3. The smallest absolute Gasteiger partial charge is 0.262 e. The summed E-state index contributed by atoms with van der Waals surface area (Å²) in [7, 11) is 3.16. The number of carbonyl (C=O) groups excluding carboxylic acids is 2. The van der Waals surface area contributed by atoms with Crippen molar-refractivity contribution in [2.75, 3.05) is 31.5 Å². The fraction of sp³-hybridized carbons (Fsp3) is 0.107. The van der Waals surface area contributed by atoms with E-state index in [9.17, 15) is 9.59 Å². The molecule has 4 aromatic rings.